The summed E-state index contributed by atoms with van der Waals surface area (Å²) in [5.41, 5.74) is -1.26. The third-order valence-electron chi connectivity index (χ3n) is 3.68. The van der Waals surface area contributed by atoms with Crippen molar-refractivity contribution in [2.24, 2.45) is 5.41 Å². The largest absolute Gasteiger partial charge is 0.387 e. The van der Waals surface area contributed by atoms with Gasteiger partial charge in [0.25, 0.3) is 5.91 Å². The van der Waals surface area contributed by atoms with Crippen LogP contribution in [0.4, 0.5) is 0 Å². The first-order chi connectivity index (χ1) is 7.87. The Kier molecular flexibility index (Phi) is 4.18. The summed E-state index contributed by atoms with van der Waals surface area (Å²) in [4.78, 5) is 11.2. The smallest absolute Gasteiger partial charge is 0.295 e. The van der Waals surface area contributed by atoms with Gasteiger partial charge in [-0.05, 0) is 19.8 Å². The van der Waals surface area contributed by atoms with Crippen LogP contribution < -0.4 is 5.32 Å². The van der Waals surface area contributed by atoms with E-state index in [1.54, 1.807) is 6.92 Å². The number of ether oxygens (including phenoxy) is 1. The highest BCUT2D eigenvalue weighted by Crippen LogP contribution is 2.50. The molecule has 2 atom stereocenters. The van der Waals surface area contributed by atoms with Crippen LogP contribution in [-0.2, 0) is 9.53 Å². The predicted octanol–water partition coefficient (Wildman–Crippen LogP) is 0.692. The van der Waals surface area contributed by atoms with Crippen LogP contribution in [0.15, 0.2) is 0 Å². The third-order valence-corrected chi connectivity index (χ3v) is 3.68. The van der Waals surface area contributed by atoms with Crippen LogP contribution in [0.5, 0.6) is 0 Å². The van der Waals surface area contributed by atoms with Gasteiger partial charge in [-0.25, -0.2) is 0 Å². The molecule has 0 aromatic heterocycles. The number of hydrogen-bond acceptors (Lipinski definition) is 3. The van der Waals surface area contributed by atoms with Crippen LogP contribution in [0, 0.1) is 17.3 Å². The van der Waals surface area contributed by atoms with Crippen LogP contribution >= 0.6 is 0 Å². The minimum absolute atomic E-state index is 0.0478. The summed E-state index contributed by atoms with van der Waals surface area (Å²) in [7, 11) is 0. The van der Waals surface area contributed by atoms with Crippen molar-refractivity contribution in [2.45, 2.75) is 45.8 Å². The van der Waals surface area contributed by atoms with Gasteiger partial charge in [0, 0.05) is 25.0 Å². The molecule has 17 heavy (non-hydrogen) atoms. The average molecular weight is 239 g/mol. The monoisotopic (exact) mass is 239 g/mol. The molecule has 0 bridgehead atoms. The maximum Gasteiger partial charge on any atom is 0.295 e. The van der Waals surface area contributed by atoms with Crippen molar-refractivity contribution in [1.82, 2.24) is 5.32 Å². The van der Waals surface area contributed by atoms with Crippen molar-refractivity contribution in [3.05, 3.63) is 0 Å². The van der Waals surface area contributed by atoms with E-state index in [2.05, 4.69) is 17.2 Å². The molecule has 1 rings (SSSR count). The zero-order valence-electron chi connectivity index (χ0n) is 11.0. The molecule has 96 valence electrons. The molecule has 0 saturated heterocycles. The summed E-state index contributed by atoms with van der Waals surface area (Å²) >= 11 is 0. The molecule has 4 nitrogen and oxygen atoms in total. The minimum atomic E-state index is -0.905. The molecule has 2 N–H and O–H groups in total. The Morgan fingerprint density at radius 1 is 1.59 bits per heavy atom. The Morgan fingerprint density at radius 3 is 2.71 bits per heavy atom. The third kappa shape index (κ3) is 2.62. The van der Waals surface area contributed by atoms with Gasteiger partial charge in [0.1, 0.15) is 0 Å². The average Bonchev–Trinajstić information content (AvgIpc) is 2.26. The number of amides is 1. The molecule has 0 radical (unpaired) electrons. The van der Waals surface area contributed by atoms with Gasteiger partial charge in [-0.3, -0.25) is 4.79 Å². The topological polar surface area (TPSA) is 58.6 Å². The number of rotatable bonds is 4. The van der Waals surface area contributed by atoms with E-state index in [9.17, 15) is 9.90 Å². The van der Waals surface area contributed by atoms with Crippen LogP contribution in [0.25, 0.3) is 0 Å². The molecule has 0 heterocycles. The fourth-order valence-corrected chi connectivity index (χ4v) is 2.15. The number of nitrogens with one attached hydrogen (secondary N) is 1. The predicted molar refractivity (Wildman–Crippen MR) is 65.2 cm³/mol. The fourth-order valence-electron chi connectivity index (χ4n) is 2.15. The SMILES string of the molecule is CC#CC(=O)NCC1(O)CC(OCC)C1(C)C. The quantitative estimate of drug-likeness (QED) is 0.710. The van der Waals surface area contributed by atoms with Gasteiger partial charge in [0.05, 0.1) is 11.7 Å². The van der Waals surface area contributed by atoms with E-state index in [1.807, 2.05) is 20.8 Å². The lowest BCUT2D eigenvalue weighted by Gasteiger charge is -2.57. The molecule has 0 spiro atoms. The van der Waals surface area contributed by atoms with Gasteiger partial charge in [-0.1, -0.05) is 19.8 Å². The van der Waals surface area contributed by atoms with Gasteiger partial charge >= 0.3 is 0 Å². The lowest BCUT2D eigenvalue weighted by atomic mass is 9.56. The van der Waals surface area contributed by atoms with Crippen LogP contribution in [0.1, 0.15) is 34.1 Å². The molecule has 2 unspecified atom stereocenters. The minimum Gasteiger partial charge on any atom is -0.387 e. The lowest BCUT2D eigenvalue weighted by molar-refractivity contribution is -0.238. The van der Waals surface area contributed by atoms with Gasteiger partial charge in [-0.2, -0.15) is 0 Å². The summed E-state index contributed by atoms with van der Waals surface area (Å²) in [5.74, 6) is 4.56. The first-order valence-electron chi connectivity index (χ1n) is 5.92. The highest BCUT2D eigenvalue weighted by Gasteiger charge is 2.59. The molecule has 0 aliphatic heterocycles. The van der Waals surface area contributed by atoms with Gasteiger partial charge in [0.2, 0.25) is 0 Å². The van der Waals surface area contributed by atoms with E-state index in [-0.39, 0.29) is 24.0 Å². The molecule has 4 heteroatoms. The van der Waals surface area contributed by atoms with E-state index in [0.717, 1.165) is 0 Å². The molecule has 1 amide bonds. The summed E-state index contributed by atoms with van der Waals surface area (Å²) in [6, 6.07) is 0. The van der Waals surface area contributed by atoms with Crippen molar-refractivity contribution < 1.29 is 14.6 Å². The molecule has 1 saturated carbocycles. The van der Waals surface area contributed by atoms with Crippen molar-refractivity contribution in [3.8, 4) is 11.8 Å². The molecular formula is C13H21NO3. The number of hydrogen-bond donors (Lipinski definition) is 2. The fraction of sp³-hybridized carbons (Fsp3) is 0.769. The van der Waals surface area contributed by atoms with Crippen molar-refractivity contribution in [1.29, 1.82) is 0 Å². The second-order valence-corrected chi connectivity index (χ2v) is 4.96. The Balaban J connectivity index is 2.54. The summed E-state index contributed by atoms with van der Waals surface area (Å²) < 4.78 is 5.54. The van der Waals surface area contributed by atoms with Gasteiger partial charge in [-0.15, -0.1) is 0 Å². The molecule has 1 fully saturated rings. The lowest BCUT2D eigenvalue weighted by Crippen LogP contribution is -2.68. The second kappa shape index (κ2) is 5.07. The molecule has 0 aromatic rings. The second-order valence-electron chi connectivity index (χ2n) is 4.96. The Bertz CT molecular complexity index is 353. The highest BCUT2D eigenvalue weighted by molar-refractivity contribution is 5.93. The summed E-state index contributed by atoms with van der Waals surface area (Å²) in [5, 5.41) is 13.0. The maximum atomic E-state index is 11.2. The molecule has 1 aliphatic rings. The van der Waals surface area contributed by atoms with Crippen molar-refractivity contribution >= 4 is 5.91 Å². The van der Waals surface area contributed by atoms with Crippen molar-refractivity contribution in [3.63, 3.8) is 0 Å². The van der Waals surface area contributed by atoms with Gasteiger partial charge in [0.15, 0.2) is 0 Å². The summed E-state index contributed by atoms with van der Waals surface area (Å²) in [6.45, 7) is 8.30. The zero-order chi connectivity index (χ0) is 13.1. The van der Waals surface area contributed by atoms with E-state index >= 15 is 0 Å². The standard InChI is InChI=1S/C13H21NO3/c1-5-7-11(15)14-9-13(16)8-10(17-6-2)12(13,3)4/h10,16H,6,8-9H2,1-4H3,(H,14,15). The first kappa shape index (κ1) is 14.0. The number of carbonyl (C=O) groups is 1. The van der Waals surface area contributed by atoms with Gasteiger partial charge < -0.3 is 15.2 Å². The van der Waals surface area contributed by atoms with E-state index < -0.39 is 5.60 Å². The molecule has 0 aromatic carbocycles. The van der Waals surface area contributed by atoms with Crippen LogP contribution in [0.3, 0.4) is 0 Å². The Labute approximate surface area is 103 Å². The Hall–Kier alpha value is -1.05. The van der Waals surface area contributed by atoms with Crippen molar-refractivity contribution in [2.75, 3.05) is 13.2 Å². The van der Waals surface area contributed by atoms with E-state index in [4.69, 9.17) is 4.74 Å². The summed E-state index contributed by atoms with van der Waals surface area (Å²) in [6.07, 6.45) is 0.597. The first-order valence-corrected chi connectivity index (χ1v) is 5.92. The van der Waals surface area contributed by atoms with E-state index in [0.29, 0.717) is 13.0 Å². The number of carbonyl (C=O) groups excluding carboxylic acids is 1. The zero-order valence-corrected chi connectivity index (χ0v) is 11.0. The van der Waals surface area contributed by atoms with E-state index in [1.165, 1.54) is 0 Å². The van der Waals surface area contributed by atoms with Crippen LogP contribution in [0.2, 0.25) is 0 Å². The normalized spacial score (nSPS) is 29.8. The maximum absolute atomic E-state index is 11.2. The molecular weight excluding hydrogens is 218 g/mol. The van der Waals surface area contributed by atoms with Crippen LogP contribution in [-0.4, -0.2) is 35.9 Å². The Morgan fingerprint density at radius 2 is 2.24 bits per heavy atom. The molecule has 1 aliphatic carbocycles. The highest BCUT2D eigenvalue weighted by atomic mass is 16.5. The number of aliphatic hydroxyl groups is 1.